The minimum absolute atomic E-state index is 0.0369. The van der Waals surface area contributed by atoms with Crippen LogP contribution in [-0.4, -0.2) is 48.2 Å². The van der Waals surface area contributed by atoms with E-state index in [9.17, 15) is 9.59 Å². The molecule has 1 amide bonds. The second-order valence-corrected chi connectivity index (χ2v) is 6.28. The van der Waals surface area contributed by atoms with Crippen molar-refractivity contribution in [1.29, 1.82) is 0 Å². The molecule has 1 fully saturated rings. The summed E-state index contributed by atoms with van der Waals surface area (Å²) in [5.74, 6) is 0.0369. The van der Waals surface area contributed by atoms with Gasteiger partial charge in [-0.2, -0.15) is 0 Å². The van der Waals surface area contributed by atoms with Crippen LogP contribution in [0.1, 0.15) is 53.4 Å². The Hall–Kier alpha value is -1.10. The van der Waals surface area contributed by atoms with Crippen LogP contribution < -0.4 is 0 Å². The third kappa shape index (κ3) is 6.37. The molecule has 1 aliphatic heterocycles. The van der Waals surface area contributed by atoms with E-state index in [-0.39, 0.29) is 18.4 Å². The normalized spacial score (nSPS) is 20.7. The van der Waals surface area contributed by atoms with E-state index in [0.29, 0.717) is 26.0 Å². The molecule has 0 bridgehead atoms. The SMILES string of the molecule is CCCCOC1CCN(C(=O)OC(C)(C)C)CC(=O)C1. The quantitative estimate of drug-likeness (QED) is 0.745. The number of amides is 1. The highest BCUT2D eigenvalue weighted by molar-refractivity contribution is 5.84. The van der Waals surface area contributed by atoms with Gasteiger partial charge in [-0.1, -0.05) is 13.3 Å². The van der Waals surface area contributed by atoms with Crippen molar-refractivity contribution < 1.29 is 19.1 Å². The number of unbranched alkanes of at least 4 members (excludes halogenated alkanes) is 1. The van der Waals surface area contributed by atoms with Crippen LogP contribution in [0.25, 0.3) is 0 Å². The summed E-state index contributed by atoms with van der Waals surface area (Å²) in [7, 11) is 0. The first-order valence-corrected chi connectivity index (χ1v) is 7.43. The molecule has 0 spiro atoms. The number of nitrogens with zero attached hydrogens (tertiary/aromatic N) is 1. The van der Waals surface area contributed by atoms with Gasteiger partial charge in [0.1, 0.15) is 5.60 Å². The molecule has 1 unspecified atom stereocenters. The average molecular weight is 285 g/mol. The Morgan fingerprint density at radius 2 is 2.10 bits per heavy atom. The van der Waals surface area contributed by atoms with Crippen molar-refractivity contribution in [2.75, 3.05) is 19.7 Å². The van der Waals surface area contributed by atoms with Crippen LogP contribution in [0.3, 0.4) is 0 Å². The third-order valence-electron chi connectivity index (χ3n) is 3.05. The Labute approximate surface area is 121 Å². The van der Waals surface area contributed by atoms with Gasteiger partial charge in [0.2, 0.25) is 0 Å². The molecule has 0 aromatic carbocycles. The highest BCUT2D eigenvalue weighted by atomic mass is 16.6. The second kappa shape index (κ2) is 7.62. The smallest absolute Gasteiger partial charge is 0.410 e. The molecule has 5 nitrogen and oxygen atoms in total. The van der Waals surface area contributed by atoms with E-state index in [1.807, 2.05) is 20.8 Å². The lowest BCUT2D eigenvalue weighted by Crippen LogP contribution is -2.39. The summed E-state index contributed by atoms with van der Waals surface area (Å²) in [5, 5.41) is 0. The summed E-state index contributed by atoms with van der Waals surface area (Å²) in [6.07, 6.45) is 2.67. The van der Waals surface area contributed by atoms with Gasteiger partial charge in [-0.05, 0) is 33.6 Å². The van der Waals surface area contributed by atoms with Crippen LogP contribution >= 0.6 is 0 Å². The minimum atomic E-state index is -0.538. The van der Waals surface area contributed by atoms with Gasteiger partial charge in [-0.15, -0.1) is 0 Å². The maximum Gasteiger partial charge on any atom is 0.410 e. The molecule has 1 heterocycles. The van der Waals surface area contributed by atoms with Crippen LogP contribution in [0.5, 0.6) is 0 Å². The Bertz CT molecular complexity index is 335. The van der Waals surface area contributed by atoms with E-state index < -0.39 is 11.7 Å². The first-order chi connectivity index (χ1) is 9.31. The molecule has 0 aliphatic carbocycles. The topological polar surface area (TPSA) is 55.8 Å². The third-order valence-corrected chi connectivity index (χ3v) is 3.05. The van der Waals surface area contributed by atoms with Crippen molar-refractivity contribution in [3.63, 3.8) is 0 Å². The number of Topliss-reactive ketones (excluding diaryl/α,β-unsaturated/α-hetero) is 1. The Morgan fingerprint density at radius 1 is 1.40 bits per heavy atom. The summed E-state index contributed by atoms with van der Waals surface area (Å²) in [5.41, 5.74) is -0.538. The predicted molar refractivity (Wildman–Crippen MR) is 76.7 cm³/mol. The number of ether oxygens (including phenoxy) is 2. The number of likely N-dealkylation sites (tertiary alicyclic amines) is 1. The standard InChI is InChI=1S/C15H27NO4/c1-5-6-9-19-13-7-8-16(11-12(17)10-13)14(18)20-15(2,3)4/h13H,5-11H2,1-4H3. The predicted octanol–water partition coefficient (Wildman–Crippen LogP) is 2.77. The maximum absolute atomic E-state index is 12.0. The lowest BCUT2D eigenvalue weighted by Gasteiger charge is -2.26. The molecule has 0 radical (unpaired) electrons. The van der Waals surface area contributed by atoms with Crippen molar-refractivity contribution in [1.82, 2.24) is 4.90 Å². The van der Waals surface area contributed by atoms with Gasteiger partial charge in [-0.3, -0.25) is 4.79 Å². The molecule has 1 aliphatic rings. The van der Waals surface area contributed by atoms with Gasteiger partial charge in [0, 0.05) is 19.6 Å². The zero-order chi connectivity index (χ0) is 15.2. The number of rotatable bonds is 4. The zero-order valence-electron chi connectivity index (χ0n) is 13.1. The van der Waals surface area contributed by atoms with Crippen molar-refractivity contribution in [3.05, 3.63) is 0 Å². The lowest BCUT2D eigenvalue weighted by molar-refractivity contribution is -0.121. The van der Waals surface area contributed by atoms with Crippen molar-refractivity contribution in [2.24, 2.45) is 0 Å². The van der Waals surface area contributed by atoms with Gasteiger partial charge in [0.25, 0.3) is 0 Å². The first kappa shape index (κ1) is 17.0. The summed E-state index contributed by atoms with van der Waals surface area (Å²) < 4.78 is 11.0. The van der Waals surface area contributed by atoms with Crippen LogP contribution in [0.4, 0.5) is 4.79 Å². The fourth-order valence-corrected chi connectivity index (χ4v) is 2.03. The van der Waals surface area contributed by atoms with Gasteiger partial charge < -0.3 is 14.4 Å². The number of carbonyl (C=O) groups excluding carboxylic acids is 2. The maximum atomic E-state index is 12.0. The number of carbonyl (C=O) groups is 2. The highest BCUT2D eigenvalue weighted by Gasteiger charge is 2.28. The molecular formula is C15H27NO4. The van der Waals surface area contributed by atoms with Gasteiger partial charge >= 0.3 is 6.09 Å². The summed E-state index contributed by atoms with van der Waals surface area (Å²) in [6.45, 7) is 8.89. The van der Waals surface area contributed by atoms with Crippen molar-refractivity contribution in [3.8, 4) is 0 Å². The Balaban J connectivity index is 2.49. The highest BCUT2D eigenvalue weighted by Crippen LogP contribution is 2.16. The van der Waals surface area contributed by atoms with Crippen LogP contribution in [0.2, 0.25) is 0 Å². The molecular weight excluding hydrogens is 258 g/mol. The van der Waals surface area contributed by atoms with Gasteiger partial charge in [0.15, 0.2) is 5.78 Å². The largest absolute Gasteiger partial charge is 0.444 e. The van der Waals surface area contributed by atoms with E-state index in [0.717, 1.165) is 12.8 Å². The molecule has 0 N–H and O–H groups in total. The molecule has 1 atom stereocenters. The van der Waals surface area contributed by atoms with E-state index in [2.05, 4.69) is 6.92 Å². The van der Waals surface area contributed by atoms with Crippen molar-refractivity contribution >= 4 is 11.9 Å². The molecule has 0 saturated carbocycles. The average Bonchev–Trinajstić information content (AvgIpc) is 2.49. The Morgan fingerprint density at radius 3 is 2.70 bits per heavy atom. The summed E-state index contributed by atoms with van der Waals surface area (Å²) in [6, 6.07) is 0. The van der Waals surface area contributed by atoms with E-state index in [1.165, 1.54) is 4.90 Å². The lowest BCUT2D eigenvalue weighted by atomic mass is 10.1. The summed E-state index contributed by atoms with van der Waals surface area (Å²) >= 11 is 0. The molecule has 1 rings (SSSR count). The van der Waals surface area contributed by atoms with Crippen LogP contribution in [0.15, 0.2) is 0 Å². The number of hydrogen-bond donors (Lipinski definition) is 0. The van der Waals surface area contributed by atoms with Gasteiger partial charge in [0.05, 0.1) is 12.6 Å². The Kier molecular flexibility index (Phi) is 6.46. The van der Waals surface area contributed by atoms with E-state index >= 15 is 0 Å². The fourth-order valence-electron chi connectivity index (χ4n) is 2.03. The number of hydrogen-bond acceptors (Lipinski definition) is 4. The fraction of sp³-hybridized carbons (Fsp3) is 0.867. The van der Waals surface area contributed by atoms with Crippen molar-refractivity contribution in [2.45, 2.75) is 65.1 Å². The zero-order valence-corrected chi connectivity index (χ0v) is 13.1. The molecule has 116 valence electrons. The second-order valence-electron chi connectivity index (χ2n) is 6.28. The molecule has 5 heteroatoms. The number of ketones is 1. The minimum Gasteiger partial charge on any atom is -0.444 e. The molecule has 0 aromatic rings. The van der Waals surface area contributed by atoms with E-state index in [4.69, 9.17) is 9.47 Å². The van der Waals surface area contributed by atoms with Crippen LogP contribution in [-0.2, 0) is 14.3 Å². The first-order valence-electron chi connectivity index (χ1n) is 7.43. The molecule has 0 aromatic heterocycles. The van der Waals surface area contributed by atoms with E-state index in [1.54, 1.807) is 0 Å². The van der Waals surface area contributed by atoms with Gasteiger partial charge in [-0.25, -0.2) is 4.79 Å². The molecule has 20 heavy (non-hydrogen) atoms. The van der Waals surface area contributed by atoms with Crippen LogP contribution in [0, 0.1) is 0 Å². The molecule has 1 saturated heterocycles. The summed E-state index contributed by atoms with van der Waals surface area (Å²) in [4.78, 5) is 25.3. The monoisotopic (exact) mass is 285 g/mol.